The fourth-order valence-electron chi connectivity index (χ4n) is 3.87. The SMILES string of the molecule is O=C(NCc1ccc(Cl)nc1)c1ccc2c(c1)C(=O)N(C1CCCCC1)C2=O. The van der Waals surface area contributed by atoms with Gasteiger partial charge in [0, 0.05) is 24.3 Å². The number of carbonyl (C=O) groups excluding carboxylic acids is 3. The summed E-state index contributed by atoms with van der Waals surface area (Å²) in [6.45, 7) is 0.293. The van der Waals surface area contributed by atoms with Gasteiger partial charge in [0.1, 0.15) is 5.15 Å². The molecule has 144 valence electrons. The third kappa shape index (κ3) is 3.52. The molecule has 1 aliphatic heterocycles. The number of hydrogen-bond acceptors (Lipinski definition) is 4. The van der Waals surface area contributed by atoms with E-state index in [1.54, 1.807) is 30.5 Å². The third-order valence-corrected chi connectivity index (χ3v) is 5.59. The van der Waals surface area contributed by atoms with Crippen LogP contribution in [0.5, 0.6) is 0 Å². The zero-order valence-corrected chi connectivity index (χ0v) is 16.0. The molecule has 0 radical (unpaired) electrons. The lowest BCUT2D eigenvalue weighted by molar-refractivity contribution is 0.0549. The largest absolute Gasteiger partial charge is 0.348 e. The number of carbonyl (C=O) groups is 3. The second kappa shape index (κ2) is 7.72. The highest BCUT2D eigenvalue weighted by Crippen LogP contribution is 2.31. The third-order valence-electron chi connectivity index (χ3n) is 5.36. The Bertz CT molecular complexity index is 936. The van der Waals surface area contributed by atoms with Crippen molar-refractivity contribution in [2.75, 3.05) is 0 Å². The van der Waals surface area contributed by atoms with Gasteiger partial charge in [-0.15, -0.1) is 0 Å². The summed E-state index contributed by atoms with van der Waals surface area (Å²) in [5.74, 6) is -0.844. The van der Waals surface area contributed by atoms with E-state index in [1.807, 2.05) is 0 Å². The predicted molar refractivity (Wildman–Crippen MR) is 104 cm³/mol. The number of imide groups is 1. The molecule has 28 heavy (non-hydrogen) atoms. The first-order chi connectivity index (χ1) is 13.5. The minimum atomic E-state index is -0.311. The smallest absolute Gasteiger partial charge is 0.261 e. The van der Waals surface area contributed by atoms with Gasteiger partial charge < -0.3 is 5.32 Å². The second-order valence-corrected chi connectivity index (χ2v) is 7.59. The van der Waals surface area contributed by atoms with Crippen molar-refractivity contribution in [2.45, 2.75) is 44.7 Å². The maximum atomic E-state index is 12.8. The summed E-state index contributed by atoms with van der Waals surface area (Å²) in [6.07, 6.45) is 6.52. The Morgan fingerprint density at radius 2 is 1.82 bits per heavy atom. The number of pyridine rings is 1. The highest BCUT2D eigenvalue weighted by Gasteiger charge is 2.40. The summed E-state index contributed by atoms with van der Waals surface area (Å²) in [6, 6.07) is 8.09. The Hall–Kier alpha value is -2.73. The van der Waals surface area contributed by atoms with Gasteiger partial charge in [-0.25, -0.2) is 4.98 Å². The van der Waals surface area contributed by atoms with Crippen LogP contribution in [0.15, 0.2) is 36.5 Å². The lowest BCUT2D eigenvalue weighted by Crippen LogP contribution is -2.40. The average molecular weight is 398 g/mol. The second-order valence-electron chi connectivity index (χ2n) is 7.20. The minimum absolute atomic E-state index is 0.0316. The van der Waals surface area contributed by atoms with Crippen LogP contribution in [0.2, 0.25) is 5.15 Å². The molecule has 0 unspecified atom stereocenters. The lowest BCUT2D eigenvalue weighted by atomic mass is 9.94. The molecular formula is C21H20ClN3O3. The van der Waals surface area contributed by atoms with Crippen molar-refractivity contribution in [1.29, 1.82) is 0 Å². The molecule has 4 rings (SSSR count). The predicted octanol–water partition coefficient (Wildman–Crippen LogP) is 3.59. The first kappa shape index (κ1) is 18.6. The van der Waals surface area contributed by atoms with Crippen molar-refractivity contribution in [3.63, 3.8) is 0 Å². The summed E-state index contributed by atoms with van der Waals surface area (Å²) < 4.78 is 0. The molecule has 0 atom stereocenters. The van der Waals surface area contributed by atoms with Gasteiger partial charge in [0.05, 0.1) is 11.1 Å². The number of fused-ring (bicyclic) bond motifs is 1. The van der Waals surface area contributed by atoms with Crippen LogP contribution in [0.3, 0.4) is 0 Å². The van der Waals surface area contributed by atoms with Crippen molar-refractivity contribution < 1.29 is 14.4 Å². The fourth-order valence-corrected chi connectivity index (χ4v) is 3.98. The average Bonchev–Trinajstić information content (AvgIpc) is 2.98. The minimum Gasteiger partial charge on any atom is -0.348 e. The fraction of sp³-hybridized carbons (Fsp3) is 0.333. The van der Waals surface area contributed by atoms with Gasteiger partial charge in [-0.3, -0.25) is 19.3 Å². The molecule has 6 nitrogen and oxygen atoms in total. The zero-order chi connectivity index (χ0) is 19.7. The molecular weight excluding hydrogens is 378 g/mol. The molecule has 2 aliphatic rings. The first-order valence-corrected chi connectivity index (χ1v) is 9.83. The Labute approximate surface area is 167 Å². The number of halogens is 1. The van der Waals surface area contributed by atoms with Gasteiger partial charge in [0.2, 0.25) is 0 Å². The number of rotatable bonds is 4. The molecule has 1 fully saturated rings. The topological polar surface area (TPSA) is 79.4 Å². The summed E-state index contributed by atoms with van der Waals surface area (Å²) in [5.41, 5.74) is 1.87. The van der Waals surface area contributed by atoms with E-state index in [0.717, 1.165) is 37.7 Å². The van der Waals surface area contributed by atoms with Crippen molar-refractivity contribution >= 4 is 29.3 Å². The van der Waals surface area contributed by atoms with Crippen LogP contribution in [-0.2, 0) is 6.54 Å². The van der Waals surface area contributed by atoms with E-state index < -0.39 is 0 Å². The van der Waals surface area contributed by atoms with E-state index in [1.165, 1.54) is 11.0 Å². The maximum Gasteiger partial charge on any atom is 0.261 e. The van der Waals surface area contributed by atoms with Crippen molar-refractivity contribution in [2.24, 2.45) is 0 Å². The van der Waals surface area contributed by atoms with E-state index in [-0.39, 0.29) is 23.8 Å². The molecule has 1 aromatic carbocycles. The van der Waals surface area contributed by atoms with Crippen molar-refractivity contribution in [3.8, 4) is 0 Å². The van der Waals surface area contributed by atoms with Crippen LogP contribution in [-0.4, -0.2) is 33.6 Å². The van der Waals surface area contributed by atoms with Crippen molar-refractivity contribution in [3.05, 3.63) is 63.9 Å². The molecule has 1 saturated carbocycles. The number of hydrogen-bond donors (Lipinski definition) is 1. The van der Waals surface area contributed by atoms with E-state index >= 15 is 0 Å². The van der Waals surface area contributed by atoms with Crippen LogP contribution in [0.4, 0.5) is 0 Å². The Kier molecular flexibility index (Phi) is 5.13. The molecule has 1 aliphatic carbocycles. The summed E-state index contributed by atoms with van der Waals surface area (Å²) in [5, 5.41) is 3.18. The molecule has 0 saturated heterocycles. The van der Waals surface area contributed by atoms with E-state index in [4.69, 9.17) is 11.6 Å². The van der Waals surface area contributed by atoms with Gasteiger partial charge in [-0.05, 0) is 42.7 Å². The lowest BCUT2D eigenvalue weighted by Gasteiger charge is -2.29. The number of aromatic nitrogens is 1. The Balaban J connectivity index is 1.49. The summed E-state index contributed by atoms with van der Waals surface area (Å²) >= 11 is 5.76. The van der Waals surface area contributed by atoms with Crippen LogP contribution >= 0.6 is 11.6 Å². The molecule has 7 heteroatoms. The number of nitrogens with one attached hydrogen (secondary N) is 1. The zero-order valence-electron chi connectivity index (χ0n) is 15.3. The van der Waals surface area contributed by atoms with Crippen LogP contribution in [0.1, 0.15) is 68.7 Å². The van der Waals surface area contributed by atoms with Gasteiger partial charge in [0.25, 0.3) is 17.7 Å². The quantitative estimate of drug-likeness (QED) is 0.631. The van der Waals surface area contributed by atoms with Gasteiger partial charge in [0.15, 0.2) is 0 Å². The molecule has 3 amide bonds. The standard InChI is InChI=1S/C21H20ClN3O3/c22-18-9-6-13(11-23-18)12-24-19(26)14-7-8-16-17(10-14)21(28)25(20(16)27)15-4-2-1-3-5-15/h6-11,15H,1-5,12H2,(H,24,26). The van der Waals surface area contributed by atoms with Gasteiger partial charge in [-0.2, -0.15) is 0 Å². The van der Waals surface area contributed by atoms with Crippen LogP contribution in [0, 0.1) is 0 Å². The Morgan fingerprint density at radius 3 is 2.54 bits per heavy atom. The van der Waals surface area contributed by atoms with E-state index in [9.17, 15) is 14.4 Å². The van der Waals surface area contributed by atoms with Gasteiger partial charge >= 0.3 is 0 Å². The molecule has 2 heterocycles. The first-order valence-electron chi connectivity index (χ1n) is 9.45. The summed E-state index contributed by atoms with van der Waals surface area (Å²) in [7, 11) is 0. The van der Waals surface area contributed by atoms with Crippen molar-refractivity contribution in [1.82, 2.24) is 15.2 Å². The maximum absolute atomic E-state index is 12.8. The number of nitrogens with zero attached hydrogens (tertiary/aromatic N) is 2. The van der Waals surface area contributed by atoms with Gasteiger partial charge in [-0.1, -0.05) is 36.9 Å². The highest BCUT2D eigenvalue weighted by atomic mass is 35.5. The van der Waals surface area contributed by atoms with E-state index in [2.05, 4.69) is 10.3 Å². The molecule has 0 bridgehead atoms. The summed E-state index contributed by atoms with van der Waals surface area (Å²) in [4.78, 5) is 43.4. The molecule has 0 spiro atoms. The highest BCUT2D eigenvalue weighted by molar-refractivity contribution is 6.29. The normalized spacial score (nSPS) is 17.0. The molecule has 1 aromatic heterocycles. The molecule has 1 N–H and O–H groups in total. The van der Waals surface area contributed by atoms with Crippen LogP contribution < -0.4 is 5.32 Å². The number of amides is 3. The molecule has 2 aromatic rings. The van der Waals surface area contributed by atoms with Crippen LogP contribution in [0.25, 0.3) is 0 Å². The number of benzene rings is 1. The Morgan fingerprint density at radius 1 is 1.07 bits per heavy atom. The van der Waals surface area contributed by atoms with E-state index in [0.29, 0.717) is 28.4 Å². The monoisotopic (exact) mass is 397 g/mol.